The van der Waals surface area contributed by atoms with Crippen molar-refractivity contribution in [2.45, 2.75) is 24.7 Å². The van der Waals surface area contributed by atoms with Crippen LogP contribution in [-0.4, -0.2) is 30.1 Å². The fourth-order valence-electron chi connectivity index (χ4n) is 2.14. The van der Waals surface area contributed by atoms with E-state index < -0.39 is 10.8 Å². The Morgan fingerprint density at radius 2 is 2.20 bits per heavy atom. The van der Waals surface area contributed by atoms with Crippen molar-refractivity contribution in [3.8, 4) is 11.1 Å². The van der Waals surface area contributed by atoms with Crippen molar-refractivity contribution in [2.75, 3.05) is 5.75 Å². The minimum Gasteiger partial charge on any atom is -0.346 e. The Kier molecular flexibility index (Phi) is 3.64. The van der Waals surface area contributed by atoms with E-state index in [1.54, 1.807) is 12.4 Å². The van der Waals surface area contributed by atoms with Crippen molar-refractivity contribution in [3.63, 3.8) is 0 Å². The van der Waals surface area contributed by atoms with Crippen LogP contribution in [0.3, 0.4) is 0 Å². The van der Waals surface area contributed by atoms with Gasteiger partial charge in [-0.25, -0.2) is 4.98 Å². The summed E-state index contributed by atoms with van der Waals surface area (Å²) in [5.74, 6) is 0.690. The molecule has 3 aromatic heterocycles. The molecule has 3 rings (SSSR count). The molecule has 0 aliphatic carbocycles. The quantitative estimate of drug-likeness (QED) is 0.758. The largest absolute Gasteiger partial charge is 0.346 e. The number of nitrogens with one attached hydrogen (secondary N) is 2. The Hall–Kier alpha value is -1.95. The molecule has 0 amide bonds. The van der Waals surface area contributed by atoms with Crippen LogP contribution in [0.4, 0.5) is 0 Å². The second-order valence-corrected chi connectivity index (χ2v) is 6.23. The smallest absolute Gasteiger partial charge is 0.137 e. The van der Waals surface area contributed by atoms with Gasteiger partial charge in [0.2, 0.25) is 0 Å². The fraction of sp³-hybridized carbons (Fsp3) is 0.286. The molecule has 0 saturated carbocycles. The summed E-state index contributed by atoms with van der Waals surface area (Å²) >= 11 is 0. The van der Waals surface area contributed by atoms with E-state index >= 15 is 0 Å². The molecule has 0 aliphatic rings. The number of pyridine rings is 1. The maximum absolute atomic E-state index is 12.2. The molecule has 6 heteroatoms. The van der Waals surface area contributed by atoms with Crippen LogP contribution in [0.15, 0.2) is 35.7 Å². The monoisotopic (exact) mass is 288 g/mol. The molecule has 104 valence electrons. The molecule has 2 N–H and O–H groups in total. The Morgan fingerprint density at radius 3 is 2.95 bits per heavy atom. The van der Waals surface area contributed by atoms with Crippen LogP contribution >= 0.6 is 0 Å². The Bertz CT molecular complexity index is 733. The molecule has 20 heavy (non-hydrogen) atoms. The van der Waals surface area contributed by atoms with Crippen molar-refractivity contribution in [1.82, 2.24) is 20.2 Å². The minimum atomic E-state index is -0.978. The van der Waals surface area contributed by atoms with Gasteiger partial charge in [-0.2, -0.15) is 5.10 Å². The van der Waals surface area contributed by atoms with E-state index in [4.69, 9.17) is 0 Å². The second-order valence-electron chi connectivity index (χ2n) is 4.66. The lowest BCUT2D eigenvalue weighted by atomic mass is 10.1. The SMILES string of the molecule is CCCCS(=O)c1cnc2[nH]cc(-c3cn[nH]c3)c2c1. The molecule has 1 unspecified atom stereocenters. The molecule has 0 radical (unpaired) electrons. The van der Waals surface area contributed by atoms with Crippen LogP contribution in [0.5, 0.6) is 0 Å². The normalized spacial score (nSPS) is 12.8. The summed E-state index contributed by atoms with van der Waals surface area (Å²) in [6.45, 7) is 2.10. The van der Waals surface area contributed by atoms with Crippen LogP contribution in [0.2, 0.25) is 0 Å². The molecule has 0 bridgehead atoms. The van der Waals surface area contributed by atoms with Crippen molar-refractivity contribution < 1.29 is 4.21 Å². The standard InChI is InChI=1S/C14H16N4OS/c1-2-3-4-20(19)11-5-12-13(10-6-17-18-7-10)9-16-14(12)15-8-11/h5-9H,2-4H2,1H3,(H,15,16)(H,17,18). The molecule has 5 nitrogen and oxygen atoms in total. The molecule has 0 aliphatic heterocycles. The van der Waals surface area contributed by atoms with E-state index in [0.29, 0.717) is 5.75 Å². The van der Waals surface area contributed by atoms with E-state index in [1.165, 1.54) is 0 Å². The van der Waals surface area contributed by atoms with Crippen LogP contribution in [-0.2, 0) is 10.8 Å². The third-order valence-corrected chi connectivity index (χ3v) is 4.67. The van der Waals surface area contributed by atoms with E-state index in [9.17, 15) is 4.21 Å². The number of aromatic amines is 2. The predicted molar refractivity (Wildman–Crippen MR) is 79.9 cm³/mol. The van der Waals surface area contributed by atoms with Gasteiger partial charge < -0.3 is 4.98 Å². The van der Waals surface area contributed by atoms with E-state index in [1.807, 2.05) is 18.5 Å². The highest BCUT2D eigenvalue weighted by molar-refractivity contribution is 7.85. The summed E-state index contributed by atoms with van der Waals surface area (Å²) in [5.41, 5.74) is 2.82. The molecular formula is C14H16N4OS. The van der Waals surface area contributed by atoms with E-state index in [0.717, 1.165) is 39.9 Å². The molecular weight excluding hydrogens is 272 g/mol. The second kappa shape index (κ2) is 5.58. The van der Waals surface area contributed by atoms with Gasteiger partial charge in [0.05, 0.1) is 21.9 Å². The Labute approximate surface area is 119 Å². The first kappa shape index (κ1) is 13.1. The third kappa shape index (κ3) is 2.38. The van der Waals surface area contributed by atoms with Crippen LogP contribution in [0.1, 0.15) is 19.8 Å². The van der Waals surface area contributed by atoms with Crippen molar-refractivity contribution in [1.29, 1.82) is 0 Å². The Balaban J connectivity index is 2.01. The zero-order valence-electron chi connectivity index (χ0n) is 11.2. The number of hydrogen-bond acceptors (Lipinski definition) is 3. The number of H-pyrrole nitrogens is 2. The zero-order valence-corrected chi connectivity index (χ0v) is 12.0. The lowest BCUT2D eigenvalue weighted by molar-refractivity contribution is 0.679. The molecule has 1 atom stereocenters. The van der Waals surface area contributed by atoms with Crippen LogP contribution < -0.4 is 0 Å². The summed E-state index contributed by atoms with van der Waals surface area (Å²) < 4.78 is 12.2. The molecule has 0 aromatic carbocycles. The number of aromatic nitrogens is 4. The van der Waals surface area contributed by atoms with E-state index in [2.05, 4.69) is 27.1 Å². The van der Waals surface area contributed by atoms with Gasteiger partial charge in [0.25, 0.3) is 0 Å². The summed E-state index contributed by atoms with van der Waals surface area (Å²) in [6, 6.07) is 1.97. The highest BCUT2D eigenvalue weighted by atomic mass is 32.2. The number of nitrogens with zero attached hydrogens (tertiary/aromatic N) is 2. The Morgan fingerprint density at radius 1 is 1.30 bits per heavy atom. The minimum absolute atomic E-state index is 0.690. The van der Waals surface area contributed by atoms with Gasteiger partial charge >= 0.3 is 0 Å². The zero-order chi connectivity index (χ0) is 13.9. The maximum atomic E-state index is 12.2. The predicted octanol–water partition coefficient (Wildman–Crippen LogP) is 2.86. The first-order valence-electron chi connectivity index (χ1n) is 6.64. The summed E-state index contributed by atoms with van der Waals surface area (Å²) in [5, 5.41) is 7.75. The number of fused-ring (bicyclic) bond motifs is 1. The highest BCUT2D eigenvalue weighted by Gasteiger charge is 2.11. The molecule has 0 fully saturated rings. The fourth-order valence-corrected chi connectivity index (χ4v) is 3.35. The van der Waals surface area contributed by atoms with Crippen molar-refractivity contribution in [2.24, 2.45) is 0 Å². The number of unbranched alkanes of at least 4 members (excludes halogenated alkanes) is 1. The van der Waals surface area contributed by atoms with Crippen LogP contribution in [0.25, 0.3) is 22.2 Å². The molecule has 3 aromatic rings. The topological polar surface area (TPSA) is 74.4 Å². The number of hydrogen-bond donors (Lipinski definition) is 2. The van der Waals surface area contributed by atoms with Crippen LogP contribution in [0, 0.1) is 0 Å². The van der Waals surface area contributed by atoms with Gasteiger partial charge in [0.1, 0.15) is 5.65 Å². The first-order chi connectivity index (χ1) is 9.79. The van der Waals surface area contributed by atoms with Gasteiger partial charge in [-0.15, -0.1) is 0 Å². The van der Waals surface area contributed by atoms with Gasteiger partial charge in [0, 0.05) is 40.9 Å². The number of rotatable bonds is 5. The van der Waals surface area contributed by atoms with Gasteiger partial charge in [-0.1, -0.05) is 13.3 Å². The van der Waals surface area contributed by atoms with Crippen molar-refractivity contribution >= 4 is 21.8 Å². The lowest BCUT2D eigenvalue weighted by Crippen LogP contribution is -1.98. The highest BCUT2D eigenvalue weighted by Crippen LogP contribution is 2.28. The van der Waals surface area contributed by atoms with Gasteiger partial charge in [-0.3, -0.25) is 9.31 Å². The van der Waals surface area contributed by atoms with E-state index in [-0.39, 0.29) is 0 Å². The summed E-state index contributed by atoms with van der Waals surface area (Å²) in [7, 11) is -0.978. The third-order valence-electron chi connectivity index (χ3n) is 3.26. The maximum Gasteiger partial charge on any atom is 0.137 e. The average Bonchev–Trinajstić information content (AvgIpc) is 3.12. The van der Waals surface area contributed by atoms with Gasteiger partial charge in [0.15, 0.2) is 0 Å². The average molecular weight is 288 g/mol. The first-order valence-corrected chi connectivity index (χ1v) is 7.96. The summed E-state index contributed by atoms with van der Waals surface area (Å²) in [6.07, 6.45) is 9.22. The molecule has 3 heterocycles. The summed E-state index contributed by atoms with van der Waals surface area (Å²) in [4.78, 5) is 8.28. The molecule has 0 spiro atoms. The van der Waals surface area contributed by atoms with Gasteiger partial charge in [-0.05, 0) is 12.5 Å². The lowest BCUT2D eigenvalue weighted by Gasteiger charge is -2.02. The van der Waals surface area contributed by atoms with Crippen molar-refractivity contribution in [3.05, 3.63) is 30.9 Å². The molecule has 0 saturated heterocycles.